The standard InChI is InChI=1S/C24H30N2O3/c1-5-6-9-12-29-21-11-8-7-10-19(21)15-26-23-17(3)13-16(2)14-20(23)22(24(26)28)25-18(4)27/h7-8,10-11,13-14,22H,5-6,9,12,15H2,1-4H3,(H,25,27). The van der Waals surface area contributed by atoms with E-state index in [0.29, 0.717) is 13.2 Å². The van der Waals surface area contributed by atoms with Crippen LogP contribution in [0.4, 0.5) is 5.69 Å². The third-order valence-corrected chi connectivity index (χ3v) is 5.22. The molecule has 3 rings (SSSR count). The van der Waals surface area contributed by atoms with Gasteiger partial charge in [0.05, 0.1) is 18.8 Å². The van der Waals surface area contributed by atoms with E-state index >= 15 is 0 Å². The van der Waals surface area contributed by atoms with Gasteiger partial charge in [0.2, 0.25) is 5.91 Å². The summed E-state index contributed by atoms with van der Waals surface area (Å²) in [6, 6.07) is 11.3. The zero-order valence-electron chi connectivity index (χ0n) is 17.7. The molecule has 2 aromatic carbocycles. The Balaban J connectivity index is 1.91. The molecule has 0 aliphatic carbocycles. The van der Waals surface area contributed by atoms with Gasteiger partial charge in [0.1, 0.15) is 11.8 Å². The average molecular weight is 395 g/mol. The Morgan fingerprint density at radius 1 is 1.17 bits per heavy atom. The molecule has 0 spiro atoms. The van der Waals surface area contributed by atoms with Crippen LogP contribution in [0.3, 0.4) is 0 Å². The van der Waals surface area contributed by atoms with Crippen LogP contribution in [0.2, 0.25) is 0 Å². The van der Waals surface area contributed by atoms with Crippen molar-refractivity contribution in [3.05, 3.63) is 58.7 Å². The Morgan fingerprint density at radius 2 is 1.93 bits per heavy atom. The molecule has 5 heteroatoms. The molecule has 0 bridgehead atoms. The van der Waals surface area contributed by atoms with Gasteiger partial charge in [-0.2, -0.15) is 0 Å². The largest absolute Gasteiger partial charge is 0.493 e. The zero-order valence-corrected chi connectivity index (χ0v) is 17.7. The van der Waals surface area contributed by atoms with E-state index in [4.69, 9.17) is 4.74 Å². The lowest BCUT2D eigenvalue weighted by Gasteiger charge is -2.21. The van der Waals surface area contributed by atoms with Gasteiger partial charge in [-0.05, 0) is 31.9 Å². The molecule has 1 atom stereocenters. The number of rotatable bonds is 8. The molecule has 0 saturated carbocycles. The van der Waals surface area contributed by atoms with Crippen LogP contribution in [0.15, 0.2) is 36.4 Å². The maximum absolute atomic E-state index is 13.2. The first-order chi connectivity index (χ1) is 13.9. The van der Waals surface area contributed by atoms with Gasteiger partial charge in [0.15, 0.2) is 0 Å². The van der Waals surface area contributed by atoms with E-state index in [9.17, 15) is 9.59 Å². The van der Waals surface area contributed by atoms with Crippen molar-refractivity contribution >= 4 is 17.5 Å². The number of hydrogen-bond donors (Lipinski definition) is 1. The summed E-state index contributed by atoms with van der Waals surface area (Å²) in [5.41, 5.74) is 4.82. The lowest BCUT2D eigenvalue weighted by Crippen LogP contribution is -2.36. The van der Waals surface area contributed by atoms with Crippen molar-refractivity contribution in [2.45, 2.75) is 59.5 Å². The Labute approximate surface area is 173 Å². The third kappa shape index (κ3) is 4.61. The molecular weight excluding hydrogens is 364 g/mol. The third-order valence-electron chi connectivity index (χ3n) is 5.22. The monoisotopic (exact) mass is 394 g/mol. The normalized spacial score (nSPS) is 15.4. The molecule has 0 radical (unpaired) electrons. The summed E-state index contributed by atoms with van der Waals surface area (Å²) in [7, 11) is 0. The molecule has 0 aromatic heterocycles. The maximum atomic E-state index is 13.2. The quantitative estimate of drug-likeness (QED) is 0.666. The summed E-state index contributed by atoms with van der Waals surface area (Å²) in [5.74, 6) is 0.491. The van der Waals surface area contributed by atoms with E-state index < -0.39 is 6.04 Å². The highest BCUT2D eigenvalue weighted by molar-refractivity contribution is 6.06. The number of amides is 2. The Kier molecular flexibility index (Phi) is 6.57. The molecule has 1 heterocycles. The molecule has 5 nitrogen and oxygen atoms in total. The van der Waals surface area contributed by atoms with Gasteiger partial charge in [-0.15, -0.1) is 0 Å². The number of fused-ring (bicyclic) bond motifs is 1. The lowest BCUT2D eigenvalue weighted by atomic mass is 10.0. The molecule has 1 aliphatic heterocycles. The maximum Gasteiger partial charge on any atom is 0.254 e. The molecule has 1 N–H and O–H groups in total. The summed E-state index contributed by atoms with van der Waals surface area (Å²) in [6.45, 7) is 8.70. The highest BCUT2D eigenvalue weighted by Gasteiger charge is 2.39. The van der Waals surface area contributed by atoms with Crippen molar-refractivity contribution in [1.29, 1.82) is 0 Å². The van der Waals surface area contributed by atoms with E-state index in [1.807, 2.05) is 44.2 Å². The fourth-order valence-corrected chi connectivity index (χ4v) is 3.96. The van der Waals surface area contributed by atoms with Crippen LogP contribution in [0.1, 0.15) is 61.4 Å². The van der Waals surface area contributed by atoms with Gasteiger partial charge in [0, 0.05) is 18.1 Å². The highest BCUT2D eigenvalue weighted by atomic mass is 16.5. The van der Waals surface area contributed by atoms with Crippen molar-refractivity contribution in [3.8, 4) is 5.75 Å². The number of anilines is 1. The Morgan fingerprint density at radius 3 is 2.66 bits per heavy atom. The predicted octanol–water partition coefficient (Wildman–Crippen LogP) is 4.60. The van der Waals surface area contributed by atoms with Crippen LogP contribution in [0.25, 0.3) is 0 Å². The van der Waals surface area contributed by atoms with Crippen LogP contribution in [0.5, 0.6) is 5.75 Å². The smallest absolute Gasteiger partial charge is 0.254 e. The molecular formula is C24H30N2O3. The Bertz CT molecular complexity index is 907. The van der Waals surface area contributed by atoms with Crippen LogP contribution >= 0.6 is 0 Å². The molecule has 2 amide bonds. The second-order valence-corrected chi connectivity index (χ2v) is 7.74. The minimum absolute atomic E-state index is 0.107. The molecule has 0 fully saturated rings. The topological polar surface area (TPSA) is 58.6 Å². The van der Waals surface area contributed by atoms with Crippen LogP contribution < -0.4 is 15.0 Å². The average Bonchev–Trinajstić information content (AvgIpc) is 2.92. The Hall–Kier alpha value is -2.82. The number of unbranched alkanes of at least 4 members (excludes halogenated alkanes) is 2. The number of para-hydroxylation sites is 1. The first kappa shape index (κ1) is 20.9. The van der Waals surface area contributed by atoms with Gasteiger partial charge in [0.25, 0.3) is 5.91 Å². The first-order valence-corrected chi connectivity index (χ1v) is 10.3. The fourth-order valence-electron chi connectivity index (χ4n) is 3.96. The van der Waals surface area contributed by atoms with E-state index in [1.165, 1.54) is 6.92 Å². The van der Waals surface area contributed by atoms with Gasteiger partial charge >= 0.3 is 0 Å². The minimum Gasteiger partial charge on any atom is -0.493 e. The number of carbonyl (C=O) groups excluding carboxylic acids is 2. The molecule has 0 saturated heterocycles. The molecule has 1 unspecified atom stereocenters. The van der Waals surface area contributed by atoms with Crippen molar-refractivity contribution in [3.63, 3.8) is 0 Å². The minimum atomic E-state index is -0.640. The van der Waals surface area contributed by atoms with Crippen LogP contribution in [-0.2, 0) is 16.1 Å². The zero-order chi connectivity index (χ0) is 21.0. The summed E-state index contributed by atoms with van der Waals surface area (Å²) < 4.78 is 6.01. The molecule has 154 valence electrons. The van der Waals surface area contributed by atoms with Crippen molar-refractivity contribution < 1.29 is 14.3 Å². The van der Waals surface area contributed by atoms with Gasteiger partial charge in [-0.1, -0.05) is 55.7 Å². The number of ether oxygens (including phenoxy) is 1. The molecule has 29 heavy (non-hydrogen) atoms. The van der Waals surface area contributed by atoms with Gasteiger partial charge < -0.3 is 15.0 Å². The van der Waals surface area contributed by atoms with Gasteiger partial charge in [-0.3, -0.25) is 9.59 Å². The molecule has 2 aromatic rings. The predicted molar refractivity (Wildman–Crippen MR) is 115 cm³/mol. The first-order valence-electron chi connectivity index (χ1n) is 10.3. The van der Waals surface area contributed by atoms with Gasteiger partial charge in [-0.25, -0.2) is 0 Å². The number of nitrogens with one attached hydrogen (secondary N) is 1. The van der Waals surface area contributed by atoms with Crippen LogP contribution in [-0.4, -0.2) is 18.4 Å². The second-order valence-electron chi connectivity index (χ2n) is 7.74. The van der Waals surface area contributed by atoms with Crippen LogP contribution in [0, 0.1) is 13.8 Å². The number of benzene rings is 2. The fraction of sp³-hybridized carbons (Fsp3) is 0.417. The lowest BCUT2D eigenvalue weighted by molar-refractivity contribution is -0.126. The van der Waals surface area contributed by atoms with E-state index in [2.05, 4.69) is 18.3 Å². The number of carbonyl (C=O) groups is 2. The SMILES string of the molecule is CCCCCOc1ccccc1CN1C(=O)C(NC(C)=O)c2cc(C)cc(C)c21. The summed E-state index contributed by atoms with van der Waals surface area (Å²) >= 11 is 0. The number of aryl methyl sites for hydroxylation is 2. The van der Waals surface area contributed by atoms with Crippen molar-refractivity contribution in [1.82, 2.24) is 5.32 Å². The van der Waals surface area contributed by atoms with E-state index in [-0.39, 0.29) is 11.8 Å². The number of hydrogen-bond acceptors (Lipinski definition) is 3. The highest BCUT2D eigenvalue weighted by Crippen LogP contribution is 2.40. The second kappa shape index (κ2) is 9.12. The summed E-state index contributed by atoms with van der Waals surface area (Å²) in [5, 5.41) is 2.82. The van der Waals surface area contributed by atoms with E-state index in [1.54, 1.807) is 4.90 Å². The molecule has 1 aliphatic rings. The number of nitrogens with zero attached hydrogens (tertiary/aromatic N) is 1. The summed E-state index contributed by atoms with van der Waals surface area (Å²) in [6.07, 6.45) is 3.30. The van der Waals surface area contributed by atoms with Crippen molar-refractivity contribution in [2.75, 3.05) is 11.5 Å². The summed E-state index contributed by atoms with van der Waals surface area (Å²) in [4.78, 5) is 26.7. The van der Waals surface area contributed by atoms with E-state index in [0.717, 1.165) is 53.0 Å². The van der Waals surface area contributed by atoms with Crippen molar-refractivity contribution in [2.24, 2.45) is 0 Å².